The van der Waals surface area contributed by atoms with Crippen LogP contribution in [0.15, 0.2) is 0 Å². The van der Waals surface area contributed by atoms with Crippen molar-refractivity contribution in [1.82, 2.24) is 5.32 Å². The molecule has 0 unspecified atom stereocenters. The van der Waals surface area contributed by atoms with E-state index in [0.29, 0.717) is 0 Å². The maximum Gasteiger partial charge on any atom is 0.220 e. The predicted molar refractivity (Wildman–Crippen MR) is 38.5 cm³/mol. The van der Waals surface area contributed by atoms with Crippen molar-refractivity contribution in [2.75, 3.05) is 6.54 Å². The number of rotatable bonds is 0. The second-order valence-electron chi connectivity index (χ2n) is 3.46. The lowest BCUT2D eigenvalue weighted by Crippen LogP contribution is -2.38. The van der Waals surface area contributed by atoms with Gasteiger partial charge < -0.3 is 5.32 Å². The van der Waals surface area contributed by atoms with Crippen molar-refractivity contribution in [2.24, 2.45) is 11.8 Å². The summed E-state index contributed by atoms with van der Waals surface area (Å²) >= 11 is 0. The van der Waals surface area contributed by atoms with Crippen LogP contribution in [-0.4, -0.2) is 12.5 Å². The molecule has 2 atom stereocenters. The number of amides is 1. The van der Waals surface area contributed by atoms with Crippen LogP contribution in [0.2, 0.25) is 0 Å². The Labute approximate surface area is 61.0 Å². The number of carbonyl (C=O) groups is 1. The fraction of sp³-hybridized carbons (Fsp3) is 0.875. The number of hydrogen-bond acceptors (Lipinski definition) is 1. The van der Waals surface area contributed by atoms with Crippen LogP contribution in [0.5, 0.6) is 0 Å². The van der Waals surface area contributed by atoms with Crippen molar-refractivity contribution >= 4 is 5.91 Å². The summed E-state index contributed by atoms with van der Waals surface area (Å²) in [6.07, 6.45) is 4.76. The van der Waals surface area contributed by atoms with Crippen molar-refractivity contribution in [3.63, 3.8) is 0 Å². The highest BCUT2D eigenvalue weighted by Crippen LogP contribution is 2.35. The Morgan fingerprint density at radius 1 is 1.30 bits per heavy atom. The van der Waals surface area contributed by atoms with Gasteiger partial charge in [0.15, 0.2) is 0 Å². The van der Waals surface area contributed by atoms with Crippen molar-refractivity contribution in [3.05, 3.63) is 0 Å². The van der Waals surface area contributed by atoms with Gasteiger partial charge in [0.05, 0.1) is 0 Å². The number of nitrogens with one attached hydrogen (secondary N) is 1. The van der Waals surface area contributed by atoms with Gasteiger partial charge in [-0.15, -0.1) is 0 Å². The lowest BCUT2D eigenvalue weighted by Gasteiger charge is -2.24. The molecule has 2 rings (SSSR count). The lowest BCUT2D eigenvalue weighted by atomic mass is 9.89. The standard InChI is InChI=1S/C8H13NO/c10-8-4-6-2-1-3-7(6)5-9-8/h6-7H,1-5H2,(H,9,10)/t6-,7+/m1/s1. The second-order valence-corrected chi connectivity index (χ2v) is 3.46. The van der Waals surface area contributed by atoms with Crippen molar-refractivity contribution < 1.29 is 4.79 Å². The van der Waals surface area contributed by atoms with E-state index in [9.17, 15) is 4.79 Å². The van der Waals surface area contributed by atoms with Crippen molar-refractivity contribution in [3.8, 4) is 0 Å². The molecule has 0 radical (unpaired) electrons. The Balaban J connectivity index is 2.03. The van der Waals surface area contributed by atoms with Gasteiger partial charge in [0.25, 0.3) is 0 Å². The number of carbonyl (C=O) groups excluding carboxylic acids is 1. The van der Waals surface area contributed by atoms with E-state index >= 15 is 0 Å². The topological polar surface area (TPSA) is 29.1 Å². The van der Waals surface area contributed by atoms with Crippen molar-refractivity contribution in [1.29, 1.82) is 0 Å². The van der Waals surface area contributed by atoms with E-state index in [4.69, 9.17) is 0 Å². The first kappa shape index (κ1) is 6.20. The van der Waals surface area contributed by atoms with E-state index in [1.807, 2.05) is 0 Å². The Bertz CT molecular complexity index is 155. The van der Waals surface area contributed by atoms with Gasteiger partial charge in [-0.25, -0.2) is 0 Å². The molecule has 0 aromatic rings. The molecule has 0 bridgehead atoms. The molecule has 10 heavy (non-hydrogen) atoms. The lowest BCUT2D eigenvalue weighted by molar-refractivity contribution is -0.124. The highest BCUT2D eigenvalue weighted by Gasteiger charge is 2.32. The summed E-state index contributed by atoms with van der Waals surface area (Å²) in [7, 11) is 0. The van der Waals surface area contributed by atoms with Crippen LogP contribution in [0.3, 0.4) is 0 Å². The van der Waals surface area contributed by atoms with E-state index < -0.39 is 0 Å². The van der Waals surface area contributed by atoms with E-state index in [-0.39, 0.29) is 5.91 Å². The Hall–Kier alpha value is -0.530. The molecule has 1 aliphatic carbocycles. The van der Waals surface area contributed by atoms with Crippen LogP contribution in [0.25, 0.3) is 0 Å². The fourth-order valence-corrected chi connectivity index (χ4v) is 2.21. The molecule has 1 saturated heterocycles. The number of fused-ring (bicyclic) bond motifs is 1. The van der Waals surface area contributed by atoms with Crippen LogP contribution in [0, 0.1) is 11.8 Å². The zero-order valence-electron chi connectivity index (χ0n) is 6.10. The molecule has 2 aliphatic rings. The first-order chi connectivity index (χ1) is 4.86. The van der Waals surface area contributed by atoms with Gasteiger partial charge in [0, 0.05) is 13.0 Å². The summed E-state index contributed by atoms with van der Waals surface area (Å²) in [4.78, 5) is 10.9. The van der Waals surface area contributed by atoms with Crippen LogP contribution in [0.4, 0.5) is 0 Å². The fourth-order valence-electron chi connectivity index (χ4n) is 2.21. The molecular weight excluding hydrogens is 126 g/mol. The second kappa shape index (κ2) is 2.26. The smallest absolute Gasteiger partial charge is 0.220 e. The molecule has 2 fully saturated rings. The van der Waals surface area contributed by atoms with Gasteiger partial charge in [0.2, 0.25) is 5.91 Å². The minimum absolute atomic E-state index is 0.267. The summed E-state index contributed by atoms with van der Waals surface area (Å²) in [5.74, 6) is 1.81. The maximum absolute atomic E-state index is 10.9. The summed E-state index contributed by atoms with van der Waals surface area (Å²) in [5.41, 5.74) is 0. The number of hydrogen-bond donors (Lipinski definition) is 1. The molecule has 0 spiro atoms. The Kier molecular flexibility index (Phi) is 1.40. The molecule has 1 aliphatic heterocycles. The highest BCUT2D eigenvalue weighted by atomic mass is 16.1. The molecule has 1 saturated carbocycles. The SMILES string of the molecule is O=C1C[C@H]2CCC[C@H]2CN1. The predicted octanol–water partition coefficient (Wildman–Crippen LogP) is 0.923. The van der Waals surface area contributed by atoms with Gasteiger partial charge >= 0.3 is 0 Å². The summed E-state index contributed by atoms with van der Waals surface area (Å²) in [6.45, 7) is 0.948. The van der Waals surface area contributed by atoms with Crippen molar-refractivity contribution in [2.45, 2.75) is 25.7 Å². The molecule has 1 heterocycles. The van der Waals surface area contributed by atoms with Gasteiger partial charge in [0.1, 0.15) is 0 Å². The van der Waals surface area contributed by atoms with Crippen LogP contribution in [-0.2, 0) is 4.79 Å². The normalized spacial score (nSPS) is 39.0. The van der Waals surface area contributed by atoms with Crippen LogP contribution < -0.4 is 5.32 Å². The summed E-state index contributed by atoms with van der Waals surface area (Å²) in [5, 5.41) is 2.91. The van der Waals surface area contributed by atoms with Gasteiger partial charge in [-0.05, 0) is 24.7 Å². The zero-order valence-corrected chi connectivity index (χ0v) is 6.10. The molecule has 1 N–H and O–H groups in total. The minimum Gasteiger partial charge on any atom is -0.356 e. The largest absolute Gasteiger partial charge is 0.356 e. The molecule has 1 amide bonds. The highest BCUT2D eigenvalue weighted by molar-refractivity contribution is 5.77. The third-order valence-electron chi connectivity index (χ3n) is 2.83. The van der Waals surface area contributed by atoms with Crippen LogP contribution >= 0.6 is 0 Å². The first-order valence-corrected chi connectivity index (χ1v) is 4.13. The molecule has 2 nitrogen and oxygen atoms in total. The Morgan fingerprint density at radius 2 is 2.10 bits per heavy atom. The number of piperidine rings is 1. The third-order valence-corrected chi connectivity index (χ3v) is 2.83. The molecule has 0 aromatic heterocycles. The summed E-state index contributed by atoms with van der Waals surface area (Å²) in [6, 6.07) is 0. The molecule has 0 aromatic carbocycles. The van der Waals surface area contributed by atoms with E-state index in [1.165, 1.54) is 19.3 Å². The average Bonchev–Trinajstić information content (AvgIpc) is 2.33. The van der Waals surface area contributed by atoms with Crippen LogP contribution in [0.1, 0.15) is 25.7 Å². The minimum atomic E-state index is 0.267. The van der Waals surface area contributed by atoms with Gasteiger partial charge in [-0.2, -0.15) is 0 Å². The molecule has 56 valence electrons. The monoisotopic (exact) mass is 139 g/mol. The van der Waals surface area contributed by atoms with E-state index in [0.717, 1.165) is 24.8 Å². The maximum atomic E-state index is 10.9. The van der Waals surface area contributed by atoms with E-state index in [2.05, 4.69) is 5.32 Å². The zero-order chi connectivity index (χ0) is 6.97. The summed E-state index contributed by atoms with van der Waals surface area (Å²) < 4.78 is 0. The third kappa shape index (κ3) is 0.917. The quantitative estimate of drug-likeness (QED) is 0.531. The average molecular weight is 139 g/mol. The molecular formula is C8H13NO. The van der Waals surface area contributed by atoms with Gasteiger partial charge in [-0.1, -0.05) is 6.42 Å². The molecule has 2 heteroatoms. The first-order valence-electron chi connectivity index (χ1n) is 4.13. The Morgan fingerprint density at radius 3 is 3.00 bits per heavy atom. The van der Waals surface area contributed by atoms with E-state index in [1.54, 1.807) is 0 Å². The van der Waals surface area contributed by atoms with Gasteiger partial charge in [-0.3, -0.25) is 4.79 Å².